The molecule has 8 N–H and O–H groups in total. The molecule has 0 bridgehead atoms. The average molecular weight is 1210 g/mol. The van der Waals surface area contributed by atoms with Crippen LogP contribution >= 0.6 is 0 Å². The van der Waals surface area contributed by atoms with Crippen molar-refractivity contribution < 1.29 is 126 Å². The largest absolute Gasteiger partial charge is 0.457 e. The number of esters is 4. The Morgan fingerprint density at radius 2 is 1.05 bits per heavy atom. The van der Waals surface area contributed by atoms with E-state index < -0.39 is 196 Å². The van der Waals surface area contributed by atoms with Crippen LogP contribution in [0.3, 0.4) is 0 Å². The van der Waals surface area contributed by atoms with Gasteiger partial charge in [0, 0.05) is 13.3 Å². The van der Waals surface area contributed by atoms with Crippen molar-refractivity contribution in [1.29, 1.82) is 0 Å². The van der Waals surface area contributed by atoms with E-state index in [1.165, 1.54) is 27.7 Å². The molecular weight excluding hydrogens is 1110 g/mol. The average Bonchev–Trinajstić information content (AvgIpc) is 3.34. The molecule has 0 aromatic heterocycles. The van der Waals surface area contributed by atoms with E-state index in [0.29, 0.717) is 25.7 Å². The van der Waals surface area contributed by atoms with Crippen LogP contribution in [0.15, 0.2) is 0 Å². The molecule has 6 rings (SSSR count). The third-order valence-electron chi connectivity index (χ3n) is 17.0. The summed E-state index contributed by atoms with van der Waals surface area (Å²) in [6.45, 7) is 15.2. The summed E-state index contributed by atoms with van der Waals surface area (Å²) in [4.78, 5) is 53.7. The molecule has 0 spiro atoms. The van der Waals surface area contributed by atoms with Gasteiger partial charge in [-0.25, -0.2) is 0 Å². The van der Waals surface area contributed by atoms with Crippen molar-refractivity contribution in [2.75, 3.05) is 6.61 Å². The van der Waals surface area contributed by atoms with Crippen LogP contribution in [0.5, 0.6) is 0 Å². The van der Waals surface area contributed by atoms with Gasteiger partial charge >= 0.3 is 23.9 Å². The predicted molar refractivity (Wildman–Crippen MR) is 289 cm³/mol. The standard InChI is InChI=1S/C58H98O26/c1-11-14-20-23-34-24-21-18-16-15-17-19-22-25-36(61)78-48-43(68)45(31(8)73-56(48)84-50-47(75-33(10)60)37(62)29(6)71-57(50)76-34)81-58-51(80-53(70)28(5)13-3)49(83-55-41(66)39(64)38(63)35(26-59)77-55)46(32(9)74-58)82-54-42(67)40(65)44(30(7)72-54)79-52(69)27(4)12-2/h27-32,34-35,37-51,54-59,62-68H,11-26H2,1-10H3/t27-,28-,29+,30-,31-,32-,34-,35+,37-,38+,39-,40-,41+,42+,43+,44-,45-,46-,47-,48+,49+,50+,51+,54-,55-,56-,57-,58-/m0/s1. The van der Waals surface area contributed by atoms with E-state index in [2.05, 4.69) is 6.92 Å². The number of unbranched alkanes of at least 4 members (excludes halogenated alkanes) is 2. The highest BCUT2D eigenvalue weighted by molar-refractivity contribution is 5.72. The molecule has 28 atom stereocenters. The maximum absolute atomic E-state index is 14.1. The van der Waals surface area contributed by atoms with Crippen LogP contribution in [-0.4, -0.2) is 231 Å². The summed E-state index contributed by atoms with van der Waals surface area (Å²) in [7, 11) is 0. The van der Waals surface area contributed by atoms with Gasteiger partial charge in [0.2, 0.25) is 0 Å². The number of aliphatic hydroxyl groups excluding tert-OH is 8. The molecule has 26 nitrogen and oxygen atoms in total. The van der Waals surface area contributed by atoms with Crippen LogP contribution in [0.25, 0.3) is 0 Å². The van der Waals surface area contributed by atoms with Crippen molar-refractivity contribution in [3.63, 3.8) is 0 Å². The number of aliphatic hydroxyl groups is 8. The van der Waals surface area contributed by atoms with Gasteiger partial charge in [-0.3, -0.25) is 19.2 Å². The van der Waals surface area contributed by atoms with Gasteiger partial charge in [-0.2, -0.15) is 0 Å². The summed E-state index contributed by atoms with van der Waals surface area (Å²) in [5, 5.41) is 90.5. The maximum Gasteiger partial charge on any atom is 0.309 e. The fourth-order valence-corrected chi connectivity index (χ4v) is 11.3. The van der Waals surface area contributed by atoms with E-state index in [-0.39, 0.29) is 18.9 Å². The Bertz CT molecular complexity index is 2020. The molecule has 486 valence electrons. The van der Waals surface area contributed by atoms with Crippen molar-refractivity contribution in [3.8, 4) is 0 Å². The van der Waals surface area contributed by atoms with Crippen molar-refractivity contribution in [2.24, 2.45) is 11.8 Å². The molecule has 0 unspecified atom stereocenters. The highest BCUT2D eigenvalue weighted by Gasteiger charge is 2.59. The summed E-state index contributed by atoms with van der Waals surface area (Å²) in [6, 6.07) is 0. The summed E-state index contributed by atoms with van der Waals surface area (Å²) < 4.78 is 87.7. The first-order valence-electron chi connectivity index (χ1n) is 30.6. The lowest BCUT2D eigenvalue weighted by molar-refractivity contribution is -0.400. The van der Waals surface area contributed by atoms with Gasteiger partial charge in [0.05, 0.1) is 49.0 Å². The van der Waals surface area contributed by atoms with E-state index in [4.69, 9.17) is 66.3 Å². The highest BCUT2D eigenvalue weighted by atomic mass is 16.8. The number of carbonyl (C=O) groups excluding carboxylic acids is 4. The number of hydrogen-bond donors (Lipinski definition) is 8. The van der Waals surface area contributed by atoms with E-state index in [0.717, 1.165) is 57.8 Å². The molecule has 0 aromatic carbocycles. The Morgan fingerprint density at radius 1 is 0.512 bits per heavy atom. The van der Waals surface area contributed by atoms with Gasteiger partial charge in [-0.05, 0) is 59.8 Å². The summed E-state index contributed by atoms with van der Waals surface area (Å²) in [6.07, 6.45) is -29.7. The maximum atomic E-state index is 14.1. The van der Waals surface area contributed by atoms with Gasteiger partial charge in [-0.1, -0.05) is 92.4 Å². The van der Waals surface area contributed by atoms with E-state index in [9.17, 15) is 60.0 Å². The second-order valence-corrected chi connectivity index (χ2v) is 23.6. The Kier molecular flexibility index (Phi) is 27.7. The van der Waals surface area contributed by atoms with Gasteiger partial charge in [0.15, 0.2) is 62.0 Å². The Morgan fingerprint density at radius 3 is 1.68 bits per heavy atom. The molecule has 6 heterocycles. The summed E-state index contributed by atoms with van der Waals surface area (Å²) in [5.74, 6) is -4.30. The minimum Gasteiger partial charge on any atom is -0.457 e. The Hall–Kier alpha value is -2.84. The lowest BCUT2D eigenvalue weighted by Gasteiger charge is -2.51. The summed E-state index contributed by atoms with van der Waals surface area (Å²) in [5.41, 5.74) is 0. The second kappa shape index (κ2) is 33.1. The lowest BCUT2D eigenvalue weighted by atomic mass is 9.95. The zero-order chi connectivity index (χ0) is 61.7. The zero-order valence-corrected chi connectivity index (χ0v) is 50.4. The van der Waals surface area contributed by atoms with Crippen molar-refractivity contribution in [2.45, 2.75) is 325 Å². The van der Waals surface area contributed by atoms with Crippen LogP contribution in [0, 0.1) is 11.8 Å². The topological polar surface area (TPSA) is 359 Å². The zero-order valence-electron chi connectivity index (χ0n) is 50.4. The molecule has 0 aromatic rings. The molecule has 0 radical (unpaired) electrons. The minimum absolute atomic E-state index is 0.0602. The van der Waals surface area contributed by atoms with Crippen LogP contribution in [-0.2, 0) is 85.5 Å². The first kappa shape index (κ1) is 70.2. The molecular formula is C58H98O26. The summed E-state index contributed by atoms with van der Waals surface area (Å²) >= 11 is 0. The van der Waals surface area contributed by atoms with Crippen LogP contribution in [0.1, 0.15) is 166 Å². The lowest BCUT2D eigenvalue weighted by Crippen LogP contribution is -2.68. The second-order valence-electron chi connectivity index (χ2n) is 23.6. The van der Waals surface area contributed by atoms with Crippen LogP contribution < -0.4 is 0 Å². The molecule has 6 aliphatic heterocycles. The molecule has 6 aliphatic rings. The number of fused-ring (bicyclic) bond motifs is 2. The van der Waals surface area contributed by atoms with Gasteiger partial charge in [-0.15, -0.1) is 0 Å². The number of carbonyl (C=O) groups is 4. The molecule has 0 saturated carbocycles. The molecule has 26 heteroatoms. The van der Waals surface area contributed by atoms with Crippen molar-refractivity contribution in [1.82, 2.24) is 0 Å². The Balaban J connectivity index is 1.38. The quantitative estimate of drug-likeness (QED) is 0.0553. The van der Waals surface area contributed by atoms with Crippen molar-refractivity contribution >= 4 is 23.9 Å². The SMILES string of the molecule is CCCCC[C@H]1CCCCCCCCCC(=O)O[C@H]2[C@H](O[C@H]3[C@H](O1)O[C@H](C)[C@H](O)[C@@H]3OC(C)=O)O[C@@H](C)[C@H](O[C@@H]1O[C@@H](C)[C@H](O[C@@H]3O[C@@H](C)[C@H](OC(=O)[C@@H](C)CC)[C@@H](O)[C@H]3O)[C@@H](O[C@@H]3O[C@H](CO)[C@@H](O)[C@H](O)[C@H]3O)[C@H]1OC(=O)[C@@H](C)CC)[C@H]2O. The predicted octanol–water partition coefficient (Wildman–Crippen LogP) is 2.00. The van der Waals surface area contributed by atoms with E-state index in [1.54, 1.807) is 34.6 Å². The number of rotatable bonds is 18. The minimum atomic E-state index is -2.03. The third-order valence-corrected chi connectivity index (χ3v) is 17.0. The molecule has 84 heavy (non-hydrogen) atoms. The van der Waals surface area contributed by atoms with E-state index >= 15 is 0 Å². The fraction of sp³-hybridized carbons (Fsp3) is 0.931. The number of ether oxygens (including phenoxy) is 14. The smallest absolute Gasteiger partial charge is 0.309 e. The molecule has 6 fully saturated rings. The Labute approximate surface area is 492 Å². The molecule has 6 saturated heterocycles. The molecule has 0 amide bonds. The van der Waals surface area contributed by atoms with Gasteiger partial charge in [0.25, 0.3) is 0 Å². The fourth-order valence-electron chi connectivity index (χ4n) is 11.3. The third kappa shape index (κ3) is 17.9. The van der Waals surface area contributed by atoms with Crippen LogP contribution in [0.4, 0.5) is 0 Å². The number of hydrogen-bond acceptors (Lipinski definition) is 26. The monoisotopic (exact) mass is 1210 g/mol. The first-order valence-corrected chi connectivity index (χ1v) is 30.6. The van der Waals surface area contributed by atoms with E-state index in [1.807, 2.05) is 0 Å². The van der Waals surface area contributed by atoms with Gasteiger partial charge in [0.1, 0.15) is 67.1 Å². The van der Waals surface area contributed by atoms with Gasteiger partial charge < -0.3 is 107 Å². The normalized spacial score (nSPS) is 43.0. The van der Waals surface area contributed by atoms with Crippen molar-refractivity contribution in [3.05, 3.63) is 0 Å². The first-order chi connectivity index (χ1) is 39.9. The highest BCUT2D eigenvalue weighted by Crippen LogP contribution is 2.40. The molecule has 0 aliphatic carbocycles. The van der Waals surface area contributed by atoms with Crippen LogP contribution in [0.2, 0.25) is 0 Å².